The lowest BCUT2D eigenvalue weighted by atomic mass is 9.66. The molecule has 0 aliphatic rings. The minimum Gasteiger partial charge on any atom is -0.497 e. The Morgan fingerprint density at radius 3 is 2.05 bits per heavy atom. The van der Waals surface area contributed by atoms with Crippen LogP contribution >= 0.6 is 0 Å². The molecule has 0 aromatic heterocycles. The molecule has 1 rings (SSSR count). The van der Waals surface area contributed by atoms with Crippen molar-refractivity contribution < 1.29 is 24.5 Å². The Morgan fingerprint density at radius 2 is 1.68 bits per heavy atom. The molecule has 0 heterocycles. The summed E-state index contributed by atoms with van der Waals surface area (Å²) in [7, 11) is 1.57. The van der Waals surface area contributed by atoms with Crippen molar-refractivity contribution >= 4 is 11.9 Å². The normalized spacial score (nSPS) is 12.7. The number of ether oxygens (including phenoxy) is 1. The van der Waals surface area contributed by atoms with Gasteiger partial charge in [-0.25, -0.2) is 0 Å². The van der Waals surface area contributed by atoms with Gasteiger partial charge >= 0.3 is 11.9 Å². The van der Waals surface area contributed by atoms with E-state index in [1.807, 2.05) is 26.0 Å². The molecular formula is C17H24O5. The number of carboxylic acids is 2. The Morgan fingerprint density at radius 1 is 1.14 bits per heavy atom. The Kier molecular flexibility index (Phi) is 6.40. The highest BCUT2D eigenvalue weighted by molar-refractivity contribution is 5.76. The molecule has 5 heteroatoms. The molecule has 22 heavy (non-hydrogen) atoms. The Hall–Kier alpha value is -2.04. The molecule has 2 N–H and O–H groups in total. The van der Waals surface area contributed by atoms with Crippen molar-refractivity contribution in [3.63, 3.8) is 0 Å². The van der Waals surface area contributed by atoms with E-state index in [-0.39, 0.29) is 12.3 Å². The number of hydrogen-bond acceptors (Lipinski definition) is 3. The first-order valence-corrected chi connectivity index (χ1v) is 7.50. The lowest BCUT2D eigenvalue weighted by Gasteiger charge is -2.36. The average molecular weight is 308 g/mol. The van der Waals surface area contributed by atoms with Crippen LogP contribution in [0.25, 0.3) is 0 Å². The Balaban J connectivity index is 3.25. The predicted octanol–water partition coefficient (Wildman–Crippen LogP) is 3.53. The van der Waals surface area contributed by atoms with Crippen LogP contribution in [-0.2, 0) is 9.59 Å². The fourth-order valence-corrected chi connectivity index (χ4v) is 3.06. The van der Waals surface area contributed by atoms with Crippen molar-refractivity contribution in [2.45, 2.75) is 45.4 Å². The first-order valence-electron chi connectivity index (χ1n) is 7.50. The minimum absolute atomic E-state index is 0.0499. The molecule has 0 amide bonds. The first-order chi connectivity index (χ1) is 10.4. The maximum Gasteiger partial charge on any atom is 0.310 e. The third-order valence-corrected chi connectivity index (χ3v) is 4.52. The second kappa shape index (κ2) is 7.82. The lowest BCUT2D eigenvalue weighted by molar-refractivity contribution is -0.152. The molecule has 1 unspecified atom stereocenters. The third-order valence-electron chi connectivity index (χ3n) is 4.52. The highest BCUT2D eigenvalue weighted by atomic mass is 16.5. The van der Waals surface area contributed by atoms with E-state index in [2.05, 4.69) is 0 Å². The highest BCUT2D eigenvalue weighted by Gasteiger charge is 2.43. The van der Waals surface area contributed by atoms with Crippen LogP contribution in [0.5, 0.6) is 5.75 Å². The van der Waals surface area contributed by atoms with Gasteiger partial charge in [0.1, 0.15) is 5.75 Å². The summed E-state index contributed by atoms with van der Waals surface area (Å²) in [5.41, 5.74) is -0.113. The second-order valence-electron chi connectivity index (χ2n) is 5.43. The summed E-state index contributed by atoms with van der Waals surface area (Å²) in [6.45, 7) is 3.68. The number of carboxylic acid groups (broad SMARTS) is 2. The van der Waals surface area contributed by atoms with Gasteiger partial charge in [-0.3, -0.25) is 9.59 Å². The van der Waals surface area contributed by atoms with Crippen LogP contribution in [0.15, 0.2) is 24.3 Å². The van der Waals surface area contributed by atoms with Crippen LogP contribution in [0.1, 0.15) is 51.0 Å². The van der Waals surface area contributed by atoms with Gasteiger partial charge in [0.15, 0.2) is 0 Å². The Bertz CT molecular complexity index is 502. The van der Waals surface area contributed by atoms with Crippen LogP contribution in [-0.4, -0.2) is 29.3 Å². The van der Waals surface area contributed by atoms with Crippen LogP contribution in [0.2, 0.25) is 0 Å². The van der Waals surface area contributed by atoms with Gasteiger partial charge in [-0.2, -0.15) is 0 Å². The van der Waals surface area contributed by atoms with E-state index in [1.165, 1.54) is 0 Å². The molecule has 0 aliphatic heterocycles. The van der Waals surface area contributed by atoms with E-state index >= 15 is 0 Å². The number of hydrogen-bond donors (Lipinski definition) is 2. The minimum atomic E-state index is -0.954. The molecule has 0 aliphatic carbocycles. The van der Waals surface area contributed by atoms with E-state index in [4.69, 9.17) is 9.84 Å². The van der Waals surface area contributed by atoms with Crippen molar-refractivity contribution in [2.75, 3.05) is 7.11 Å². The van der Waals surface area contributed by atoms with Gasteiger partial charge in [0.25, 0.3) is 0 Å². The van der Waals surface area contributed by atoms with Crippen molar-refractivity contribution in [1.29, 1.82) is 0 Å². The second-order valence-corrected chi connectivity index (χ2v) is 5.43. The zero-order valence-electron chi connectivity index (χ0n) is 13.3. The van der Waals surface area contributed by atoms with Gasteiger partial charge in [0, 0.05) is 12.3 Å². The quantitative estimate of drug-likeness (QED) is 0.729. The molecule has 0 fully saturated rings. The van der Waals surface area contributed by atoms with Gasteiger partial charge < -0.3 is 14.9 Å². The molecule has 0 saturated heterocycles. The maximum absolute atomic E-state index is 11.9. The summed E-state index contributed by atoms with van der Waals surface area (Å²) in [5.74, 6) is -1.44. The van der Waals surface area contributed by atoms with Crippen LogP contribution < -0.4 is 4.74 Å². The van der Waals surface area contributed by atoms with Gasteiger partial charge in [0.2, 0.25) is 0 Å². The van der Waals surface area contributed by atoms with E-state index in [0.29, 0.717) is 25.0 Å². The zero-order chi connectivity index (χ0) is 16.8. The molecule has 1 aromatic rings. The van der Waals surface area contributed by atoms with Crippen molar-refractivity contribution in [2.24, 2.45) is 5.41 Å². The molecule has 5 nitrogen and oxygen atoms in total. The number of benzene rings is 1. The molecular weight excluding hydrogens is 284 g/mol. The standard InChI is InChI=1S/C17H24O5/c1-4-17(5-2,16(20)21)14(10-11-15(18)19)12-6-8-13(22-3)9-7-12/h6-9,14H,4-5,10-11H2,1-3H3,(H,18,19)(H,20,21). The van der Waals surface area contributed by atoms with Crippen molar-refractivity contribution in [3.8, 4) is 5.75 Å². The summed E-state index contributed by atoms with van der Waals surface area (Å²) in [5, 5.41) is 18.7. The van der Waals surface area contributed by atoms with E-state index in [0.717, 1.165) is 5.56 Å². The van der Waals surface area contributed by atoms with Gasteiger partial charge in [-0.05, 0) is 37.0 Å². The van der Waals surface area contributed by atoms with Gasteiger partial charge in [0.05, 0.1) is 12.5 Å². The maximum atomic E-state index is 11.9. The molecule has 122 valence electrons. The molecule has 0 spiro atoms. The number of rotatable bonds is 9. The largest absolute Gasteiger partial charge is 0.497 e. The molecule has 0 bridgehead atoms. The zero-order valence-corrected chi connectivity index (χ0v) is 13.3. The summed E-state index contributed by atoms with van der Waals surface area (Å²) in [4.78, 5) is 22.8. The lowest BCUT2D eigenvalue weighted by Crippen LogP contribution is -2.36. The SMILES string of the molecule is CCC(CC)(C(=O)O)C(CCC(=O)O)c1ccc(OC)cc1. The van der Waals surface area contributed by atoms with Crippen molar-refractivity contribution in [1.82, 2.24) is 0 Å². The fraction of sp³-hybridized carbons (Fsp3) is 0.529. The monoisotopic (exact) mass is 308 g/mol. The molecule has 0 radical (unpaired) electrons. The average Bonchev–Trinajstić information content (AvgIpc) is 2.51. The third kappa shape index (κ3) is 3.78. The van der Waals surface area contributed by atoms with E-state index in [9.17, 15) is 14.7 Å². The van der Waals surface area contributed by atoms with Crippen LogP contribution in [0.4, 0.5) is 0 Å². The van der Waals surface area contributed by atoms with E-state index < -0.39 is 17.4 Å². The highest BCUT2D eigenvalue weighted by Crippen LogP contribution is 2.45. The molecule has 1 aromatic carbocycles. The number of aliphatic carboxylic acids is 2. The fourth-order valence-electron chi connectivity index (χ4n) is 3.06. The van der Waals surface area contributed by atoms with Crippen LogP contribution in [0, 0.1) is 5.41 Å². The smallest absolute Gasteiger partial charge is 0.310 e. The predicted molar refractivity (Wildman–Crippen MR) is 83.3 cm³/mol. The topological polar surface area (TPSA) is 83.8 Å². The van der Waals surface area contributed by atoms with Crippen LogP contribution in [0.3, 0.4) is 0 Å². The van der Waals surface area contributed by atoms with Gasteiger partial charge in [-0.1, -0.05) is 26.0 Å². The van der Waals surface area contributed by atoms with Crippen molar-refractivity contribution in [3.05, 3.63) is 29.8 Å². The van der Waals surface area contributed by atoms with E-state index in [1.54, 1.807) is 19.2 Å². The number of carbonyl (C=O) groups is 2. The summed E-state index contributed by atoms with van der Waals surface area (Å²) >= 11 is 0. The summed E-state index contributed by atoms with van der Waals surface area (Å²) < 4.78 is 5.12. The summed E-state index contributed by atoms with van der Waals surface area (Å²) in [6, 6.07) is 7.21. The molecule has 0 saturated carbocycles. The Labute approximate surface area is 130 Å². The molecule has 1 atom stereocenters. The summed E-state index contributed by atoms with van der Waals surface area (Å²) in [6.07, 6.45) is 1.16. The van der Waals surface area contributed by atoms with Gasteiger partial charge in [-0.15, -0.1) is 0 Å². The first kappa shape index (κ1) is 18.0. The number of methoxy groups -OCH3 is 1.